The van der Waals surface area contributed by atoms with Crippen molar-refractivity contribution in [2.24, 2.45) is 17.8 Å². The molecule has 4 aliphatic rings. The topological polar surface area (TPSA) is 189 Å². The largest absolute Gasteiger partial charge is 0.481 e. The summed E-state index contributed by atoms with van der Waals surface area (Å²) in [5.74, 6) is -2.61. The standard InChI is InChI=1S/2C11H12FNO2.C11H13NO2.C8H11NO2/c12-8-3-1-2-7(4-8)9-5-13-6-10(9)11(14)15;12-10-4-2-1-3-7(10)8-5-13-6-9(8)11(14)15;13-11(14)10-7-12-6-9(10)8-4-2-1-3-5-8;1-2-5-9-6-3-4-7(9)8(10)11/h1-4,9-10,13H,5-6H2,(H,14,15);1-4,8-9,13H,5-6H2,(H,14,15);1-5,9-10,12H,6-7H2,(H,13,14);7H,3-4,6H2,1H3,(H,10,11)/t;;;7-/m...0/s1. The van der Waals surface area contributed by atoms with Crippen LogP contribution in [0.15, 0.2) is 78.9 Å². The Morgan fingerprint density at radius 3 is 1.67 bits per heavy atom. The maximum absolute atomic E-state index is 13.5. The van der Waals surface area contributed by atoms with Crippen LogP contribution in [0.3, 0.4) is 0 Å². The first-order valence-electron chi connectivity index (χ1n) is 18.2. The van der Waals surface area contributed by atoms with Gasteiger partial charge in [0.2, 0.25) is 0 Å². The van der Waals surface area contributed by atoms with E-state index in [1.807, 2.05) is 30.3 Å². The number of aliphatic carboxylic acids is 4. The highest BCUT2D eigenvalue weighted by Gasteiger charge is 2.36. The number of carboxylic acid groups (broad SMARTS) is 4. The van der Waals surface area contributed by atoms with Gasteiger partial charge in [-0.25, -0.2) is 13.6 Å². The molecule has 0 radical (unpaired) electrons. The number of benzene rings is 3. The van der Waals surface area contributed by atoms with E-state index < -0.39 is 35.7 Å². The molecule has 7 atom stereocenters. The Balaban J connectivity index is 0.000000164. The first-order valence-corrected chi connectivity index (χ1v) is 18.2. The van der Waals surface area contributed by atoms with Crippen molar-refractivity contribution in [3.05, 3.63) is 107 Å². The molecule has 3 aromatic carbocycles. The molecule has 0 aromatic heterocycles. The molecule has 55 heavy (non-hydrogen) atoms. The molecule has 294 valence electrons. The van der Waals surface area contributed by atoms with E-state index in [1.165, 1.54) is 18.2 Å². The first kappa shape index (κ1) is 42.4. The Bertz CT molecular complexity index is 1820. The maximum Gasteiger partial charge on any atom is 0.327 e. The van der Waals surface area contributed by atoms with Gasteiger partial charge in [-0.1, -0.05) is 66.6 Å². The van der Waals surface area contributed by atoms with E-state index in [-0.39, 0.29) is 41.3 Å². The molecule has 14 heteroatoms. The molecule has 0 aliphatic carbocycles. The van der Waals surface area contributed by atoms with Crippen molar-refractivity contribution in [2.45, 2.75) is 43.6 Å². The maximum atomic E-state index is 13.5. The van der Waals surface area contributed by atoms with E-state index in [2.05, 4.69) is 27.9 Å². The second-order valence-corrected chi connectivity index (χ2v) is 13.7. The number of hydrogen-bond donors (Lipinski definition) is 7. The van der Waals surface area contributed by atoms with E-state index >= 15 is 0 Å². The Morgan fingerprint density at radius 2 is 1.15 bits per heavy atom. The minimum absolute atomic E-state index is 0.119. The molecule has 6 unspecified atom stereocenters. The minimum atomic E-state index is -0.867. The zero-order chi connectivity index (χ0) is 39.9. The second-order valence-electron chi connectivity index (χ2n) is 13.7. The monoisotopic (exact) mass is 762 g/mol. The molecule has 0 spiro atoms. The smallest absolute Gasteiger partial charge is 0.327 e. The number of carboxylic acids is 4. The number of likely N-dealkylation sites (tertiary alicyclic amines) is 1. The Kier molecular flexibility index (Phi) is 16.1. The summed E-state index contributed by atoms with van der Waals surface area (Å²) < 4.78 is 26.4. The van der Waals surface area contributed by atoms with Crippen molar-refractivity contribution in [3.63, 3.8) is 0 Å². The van der Waals surface area contributed by atoms with Crippen LogP contribution in [0, 0.1) is 41.4 Å². The summed E-state index contributed by atoms with van der Waals surface area (Å²) in [6, 6.07) is 24.8. The quantitative estimate of drug-likeness (QED) is 0.172. The molecule has 7 N–H and O–H groups in total. The van der Waals surface area contributed by atoms with Gasteiger partial charge in [0, 0.05) is 69.6 Å². The van der Waals surface area contributed by atoms with Crippen LogP contribution in [0.1, 0.15) is 54.2 Å². The minimum Gasteiger partial charge on any atom is -0.481 e. The average Bonchev–Trinajstić information content (AvgIpc) is 4.00. The van der Waals surface area contributed by atoms with Crippen molar-refractivity contribution in [3.8, 4) is 12.0 Å². The number of nitrogens with one attached hydrogen (secondary N) is 3. The normalized spacial score (nSPS) is 25.1. The van der Waals surface area contributed by atoms with Crippen LogP contribution in [0.5, 0.6) is 0 Å². The Labute approximate surface area is 318 Å². The van der Waals surface area contributed by atoms with Crippen LogP contribution in [0.2, 0.25) is 0 Å². The number of rotatable bonds is 7. The third-order valence-electron chi connectivity index (χ3n) is 10.2. The van der Waals surface area contributed by atoms with E-state index in [0.29, 0.717) is 38.3 Å². The Hall–Kier alpha value is -5.36. The lowest BCUT2D eigenvalue weighted by Gasteiger charge is -2.15. The van der Waals surface area contributed by atoms with Crippen LogP contribution in [0.25, 0.3) is 0 Å². The van der Waals surface area contributed by atoms with E-state index in [4.69, 9.17) is 20.4 Å². The fourth-order valence-electron chi connectivity index (χ4n) is 7.36. The van der Waals surface area contributed by atoms with Gasteiger partial charge in [-0.15, -0.1) is 0 Å². The summed E-state index contributed by atoms with van der Waals surface area (Å²) in [4.78, 5) is 45.1. The third kappa shape index (κ3) is 11.8. The van der Waals surface area contributed by atoms with Crippen LogP contribution >= 0.6 is 0 Å². The van der Waals surface area contributed by atoms with Gasteiger partial charge in [-0.2, -0.15) is 0 Å². The van der Waals surface area contributed by atoms with E-state index in [9.17, 15) is 28.0 Å². The predicted octanol–water partition coefficient (Wildman–Crippen LogP) is 4.02. The van der Waals surface area contributed by atoms with Crippen molar-refractivity contribution < 1.29 is 48.4 Å². The summed E-state index contributed by atoms with van der Waals surface area (Å²) in [7, 11) is 0. The SMILES string of the molecule is CC#CN1CCC[C@H]1C(=O)O.O=C(O)C1CNCC1c1cccc(F)c1.O=C(O)C1CNCC1c1ccccc1.O=C(O)C1CNCC1c1ccccc1F. The van der Waals surface area contributed by atoms with Crippen LogP contribution in [-0.4, -0.2) is 101 Å². The zero-order valence-electron chi connectivity index (χ0n) is 30.5. The molecule has 12 nitrogen and oxygen atoms in total. The molecule has 0 saturated carbocycles. The highest BCUT2D eigenvalue weighted by Crippen LogP contribution is 2.31. The first-order chi connectivity index (χ1) is 26.4. The molecule has 4 aliphatic heterocycles. The molecule has 0 amide bonds. The van der Waals surface area contributed by atoms with Gasteiger partial charge in [0.25, 0.3) is 0 Å². The van der Waals surface area contributed by atoms with Crippen LogP contribution in [-0.2, 0) is 19.2 Å². The lowest BCUT2D eigenvalue weighted by Crippen LogP contribution is -2.32. The number of hydrogen-bond acceptors (Lipinski definition) is 8. The fourth-order valence-corrected chi connectivity index (χ4v) is 7.36. The van der Waals surface area contributed by atoms with Crippen molar-refractivity contribution in [1.82, 2.24) is 20.9 Å². The van der Waals surface area contributed by atoms with Gasteiger partial charge < -0.3 is 41.3 Å². The molecule has 0 bridgehead atoms. The van der Waals surface area contributed by atoms with Crippen LogP contribution in [0.4, 0.5) is 8.78 Å². The number of nitrogens with zero attached hydrogens (tertiary/aromatic N) is 1. The lowest BCUT2D eigenvalue weighted by molar-refractivity contribution is -0.142. The molecule has 7 rings (SSSR count). The second kappa shape index (κ2) is 20.9. The fraction of sp³-hybridized carbons (Fsp3) is 0.415. The van der Waals surface area contributed by atoms with Crippen molar-refractivity contribution in [2.75, 3.05) is 45.8 Å². The lowest BCUT2D eigenvalue weighted by atomic mass is 9.89. The Morgan fingerprint density at radius 1 is 0.636 bits per heavy atom. The molecule has 4 fully saturated rings. The highest BCUT2D eigenvalue weighted by molar-refractivity contribution is 5.74. The summed E-state index contributed by atoms with van der Waals surface area (Å²) >= 11 is 0. The van der Waals surface area contributed by atoms with Gasteiger partial charge >= 0.3 is 23.9 Å². The van der Waals surface area contributed by atoms with Crippen molar-refractivity contribution in [1.29, 1.82) is 0 Å². The molecule has 4 saturated heterocycles. The van der Waals surface area contributed by atoms with Gasteiger partial charge in [0.15, 0.2) is 0 Å². The van der Waals surface area contributed by atoms with Crippen LogP contribution < -0.4 is 16.0 Å². The van der Waals surface area contributed by atoms with E-state index in [1.54, 1.807) is 42.2 Å². The predicted molar refractivity (Wildman–Crippen MR) is 200 cm³/mol. The van der Waals surface area contributed by atoms with Gasteiger partial charge in [-0.05, 0) is 54.7 Å². The third-order valence-corrected chi connectivity index (χ3v) is 10.2. The highest BCUT2D eigenvalue weighted by atomic mass is 19.1. The van der Waals surface area contributed by atoms with E-state index in [0.717, 1.165) is 37.1 Å². The summed E-state index contributed by atoms with van der Waals surface area (Å²) in [6.45, 7) is 5.84. The average molecular weight is 763 g/mol. The summed E-state index contributed by atoms with van der Waals surface area (Å²) in [5, 5.41) is 44.8. The molecule has 3 aromatic rings. The van der Waals surface area contributed by atoms with Crippen molar-refractivity contribution >= 4 is 23.9 Å². The molecular weight excluding hydrogens is 714 g/mol. The summed E-state index contributed by atoms with van der Waals surface area (Å²) in [6.07, 6.45) is 1.66. The van der Waals surface area contributed by atoms with Gasteiger partial charge in [0.05, 0.1) is 17.8 Å². The molecule has 4 heterocycles. The summed E-state index contributed by atoms with van der Waals surface area (Å²) in [5.41, 5.74) is 2.37. The number of carbonyl (C=O) groups is 4. The number of halogens is 2. The van der Waals surface area contributed by atoms with Gasteiger partial charge in [-0.3, -0.25) is 14.4 Å². The zero-order valence-corrected chi connectivity index (χ0v) is 30.5. The van der Waals surface area contributed by atoms with Gasteiger partial charge in [0.1, 0.15) is 17.7 Å². The molecular formula is C41H48F2N4O8.